The van der Waals surface area contributed by atoms with Gasteiger partial charge in [0.05, 0.1) is 5.71 Å². The molecule has 1 aromatic carbocycles. The minimum atomic E-state index is -0.346. The number of aromatic nitrogens is 2. The van der Waals surface area contributed by atoms with Crippen LogP contribution < -0.4 is 5.43 Å². The molecule has 98 valence electrons. The number of carbonyl (C=O) groups excluding carboxylic acids is 1. The van der Waals surface area contributed by atoms with Gasteiger partial charge in [0, 0.05) is 13.2 Å². The molecule has 0 aliphatic carbocycles. The van der Waals surface area contributed by atoms with Crippen LogP contribution >= 0.6 is 0 Å². The molecular weight excluding hydrogens is 247 g/mol. The number of rotatable bonds is 3. The average molecular weight is 260 g/mol. The van der Waals surface area contributed by atoms with E-state index in [9.17, 15) is 9.18 Å². The number of halogens is 1. The lowest BCUT2D eigenvalue weighted by Crippen LogP contribution is -2.22. The number of hydrazone groups is 1. The van der Waals surface area contributed by atoms with E-state index < -0.39 is 0 Å². The summed E-state index contributed by atoms with van der Waals surface area (Å²) in [6.45, 7) is 1.73. The van der Waals surface area contributed by atoms with Gasteiger partial charge in [0.15, 0.2) is 0 Å². The van der Waals surface area contributed by atoms with Crippen LogP contribution in [0.4, 0.5) is 4.39 Å². The van der Waals surface area contributed by atoms with E-state index in [1.807, 2.05) is 0 Å². The number of carbonyl (C=O) groups is 1. The van der Waals surface area contributed by atoms with Gasteiger partial charge >= 0.3 is 0 Å². The average Bonchev–Trinajstić information content (AvgIpc) is 2.83. The van der Waals surface area contributed by atoms with Gasteiger partial charge in [-0.3, -0.25) is 9.48 Å². The number of benzene rings is 1. The molecule has 0 aliphatic heterocycles. The highest BCUT2D eigenvalue weighted by molar-refractivity contribution is 6.00. The molecule has 0 fully saturated rings. The zero-order chi connectivity index (χ0) is 13.8. The Morgan fingerprint density at radius 2 is 2.00 bits per heavy atom. The van der Waals surface area contributed by atoms with E-state index in [0.29, 0.717) is 11.4 Å². The van der Waals surface area contributed by atoms with Crippen molar-refractivity contribution < 1.29 is 9.18 Å². The molecule has 0 saturated heterocycles. The van der Waals surface area contributed by atoms with E-state index >= 15 is 0 Å². The summed E-state index contributed by atoms with van der Waals surface area (Å²) in [6, 6.07) is 7.49. The third kappa shape index (κ3) is 3.04. The zero-order valence-corrected chi connectivity index (χ0v) is 10.6. The number of hydrogen-bond donors (Lipinski definition) is 1. The summed E-state index contributed by atoms with van der Waals surface area (Å²) in [5.41, 5.74) is 4.18. The molecule has 0 aliphatic rings. The van der Waals surface area contributed by atoms with Crippen LogP contribution in [0.25, 0.3) is 0 Å². The van der Waals surface area contributed by atoms with Crippen LogP contribution in [-0.4, -0.2) is 21.4 Å². The smallest absolute Gasteiger partial charge is 0.266 e. The van der Waals surface area contributed by atoms with Crippen molar-refractivity contribution in [3.05, 3.63) is 53.6 Å². The van der Waals surface area contributed by atoms with Gasteiger partial charge in [-0.2, -0.15) is 10.2 Å². The van der Waals surface area contributed by atoms with Crippen molar-refractivity contribution in [2.24, 2.45) is 12.1 Å². The minimum absolute atomic E-state index is 0.310. The zero-order valence-electron chi connectivity index (χ0n) is 10.6. The minimum Gasteiger partial charge on any atom is -0.266 e. The third-order valence-electron chi connectivity index (χ3n) is 2.64. The second kappa shape index (κ2) is 5.43. The van der Waals surface area contributed by atoms with Gasteiger partial charge in [-0.25, -0.2) is 9.82 Å². The van der Waals surface area contributed by atoms with Crippen molar-refractivity contribution in [3.63, 3.8) is 0 Å². The first-order valence-corrected chi connectivity index (χ1v) is 5.66. The highest BCUT2D eigenvalue weighted by Gasteiger charge is 2.08. The Morgan fingerprint density at radius 3 is 2.58 bits per heavy atom. The van der Waals surface area contributed by atoms with Gasteiger partial charge in [-0.1, -0.05) is 12.1 Å². The monoisotopic (exact) mass is 260 g/mol. The Balaban J connectivity index is 2.08. The molecule has 1 amide bonds. The Labute approximate surface area is 109 Å². The highest BCUT2D eigenvalue weighted by Crippen LogP contribution is 2.04. The largest absolute Gasteiger partial charge is 0.289 e. The van der Waals surface area contributed by atoms with Crippen LogP contribution in [0.15, 0.2) is 41.6 Å². The molecular formula is C13H13FN4O. The number of hydrogen-bond acceptors (Lipinski definition) is 3. The molecule has 2 aromatic rings. The first-order valence-electron chi connectivity index (χ1n) is 5.66. The van der Waals surface area contributed by atoms with Crippen molar-refractivity contribution in [3.8, 4) is 0 Å². The van der Waals surface area contributed by atoms with Gasteiger partial charge in [0.25, 0.3) is 5.91 Å². The molecule has 5 nitrogen and oxygen atoms in total. The number of amides is 1. The standard InChI is InChI=1S/C13H13FN4O/c1-9(10-3-5-11(14)6-4-10)16-17-13(19)12-7-8-15-18(12)2/h3-8H,1-2H3,(H,17,19)/b16-9-. The lowest BCUT2D eigenvalue weighted by Gasteiger charge is -2.03. The van der Waals surface area contributed by atoms with E-state index in [0.717, 1.165) is 5.56 Å². The van der Waals surface area contributed by atoms with Crippen molar-refractivity contribution in [1.29, 1.82) is 0 Å². The normalized spacial score (nSPS) is 11.4. The van der Waals surface area contributed by atoms with E-state index in [-0.39, 0.29) is 11.7 Å². The van der Waals surface area contributed by atoms with Gasteiger partial charge in [-0.05, 0) is 30.7 Å². The van der Waals surface area contributed by atoms with Gasteiger partial charge in [0.1, 0.15) is 11.5 Å². The van der Waals surface area contributed by atoms with Crippen LogP contribution in [-0.2, 0) is 7.05 Å². The van der Waals surface area contributed by atoms with E-state index in [4.69, 9.17) is 0 Å². The summed E-state index contributed by atoms with van der Waals surface area (Å²) in [7, 11) is 1.67. The first kappa shape index (κ1) is 12.9. The number of nitrogens with one attached hydrogen (secondary N) is 1. The molecule has 0 spiro atoms. The fourth-order valence-electron chi connectivity index (χ4n) is 1.54. The second-order valence-electron chi connectivity index (χ2n) is 3.99. The van der Waals surface area contributed by atoms with Crippen LogP contribution in [0.3, 0.4) is 0 Å². The Morgan fingerprint density at radius 1 is 1.32 bits per heavy atom. The maximum atomic E-state index is 12.8. The highest BCUT2D eigenvalue weighted by atomic mass is 19.1. The Hall–Kier alpha value is -2.50. The topological polar surface area (TPSA) is 59.3 Å². The lowest BCUT2D eigenvalue weighted by atomic mass is 10.1. The number of nitrogens with zero attached hydrogens (tertiary/aromatic N) is 3. The number of aryl methyl sites for hydroxylation is 1. The van der Waals surface area contributed by atoms with Crippen molar-refractivity contribution in [2.45, 2.75) is 6.92 Å². The summed E-state index contributed by atoms with van der Waals surface area (Å²) in [6.07, 6.45) is 1.53. The van der Waals surface area contributed by atoms with Crippen molar-refractivity contribution in [1.82, 2.24) is 15.2 Å². The van der Waals surface area contributed by atoms with Gasteiger partial charge in [-0.15, -0.1) is 0 Å². The van der Waals surface area contributed by atoms with E-state index in [2.05, 4.69) is 15.6 Å². The molecule has 1 heterocycles. The summed E-state index contributed by atoms with van der Waals surface area (Å²) in [5.74, 6) is -0.656. The van der Waals surface area contributed by atoms with Crippen LogP contribution in [0, 0.1) is 5.82 Å². The predicted molar refractivity (Wildman–Crippen MR) is 69.3 cm³/mol. The maximum Gasteiger partial charge on any atom is 0.289 e. The van der Waals surface area contributed by atoms with E-state index in [1.54, 1.807) is 32.2 Å². The van der Waals surface area contributed by atoms with Gasteiger partial charge in [0.2, 0.25) is 0 Å². The first-order chi connectivity index (χ1) is 9.08. The Bertz CT molecular complexity index is 616. The Kier molecular flexibility index (Phi) is 3.70. The molecule has 2 rings (SSSR count). The van der Waals surface area contributed by atoms with Crippen LogP contribution in [0.5, 0.6) is 0 Å². The fourth-order valence-corrected chi connectivity index (χ4v) is 1.54. The van der Waals surface area contributed by atoms with Crippen LogP contribution in [0.1, 0.15) is 23.0 Å². The molecule has 19 heavy (non-hydrogen) atoms. The summed E-state index contributed by atoms with van der Waals surface area (Å²) in [5, 5.41) is 7.87. The molecule has 1 N–H and O–H groups in total. The summed E-state index contributed by atoms with van der Waals surface area (Å²) < 4.78 is 14.2. The third-order valence-corrected chi connectivity index (χ3v) is 2.64. The predicted octanol–water partition coefficient (Wildman–Crippen LogP) is 1.71. The van der Waals surface area contributed by atoms with Crippen molar-refractivity contribution >= 4 is 11.6 Å². The molecule has 0 atom stereocenters. The van der Waals surface area contributed by atoms with E-state index in [1.165, 1.54) is 23.0 Å². The second-order valence-corrected chi connectivity index (χ2v) is 3.99. The van der Waals surface area contributed by atoms with Crippen LogP contribution in [0.2, 0.25) is 0 Å². The molecule has 0 unspecified atom stereocenters. The quantitative estimate of drug-likeness (QED) is 0.674. The fraction of sp³-hybridized carbons (Fsp3) is 0.154. The summed E-state index contributed by atoms with van der Waals surface area (Å²) >= 11 is 0. The molecule has 0 radical (unpaired) electrons. The van der Waals surface area contributed by atoms with Crippen molar-refractivity contribution in [2.75, 3.05) is 0 Å². The maximum absolute atomic E-state index is 12.8. The molecule has 0 saturated carbocycles. The SMILES string of the molecule is C/C(=N/NC(=O)c1ccnn1C)c1ccc(F)cc1. The molecule has 6 heteroatoms. The lowest BCUT2D eigenvalue weighted by molar-refractivity contribution is 0.0945. The summed E-state index contributed by atoms with van der Waals surface area (Å²) in [4.78, 5) is 11.8. The molecule has 1 aromatic heterocycles. The molecule has 0 bridgehead atoms. The van der Waals surface area contributed by atoms with Gasteiger partial charge < -0.3 is 0 Å².